The van der Waals surface area contributed by atoms with Crippen molar-refractivity contribution in [2.45, 2.75) is 38.3 Å². The van der Waals surface area contributed by atoms with Gasteiger partial charge in [-0.1, -0.05) is 0 Å². The van der Waals surface area contributed by atoms with E-state index >= 15 is 0 Å². The number of hydrogen-bond acceptors (Lipinski definition) is 11. The molecule has 21 nitrogen and oxygen atoms in total. The van der Waals surface area contributed by atoms with E-state index in [0.29, 0.717) is 0 Å². The maximum absolute atomic E-state index is 12.5. The second-order valence-corrected chi connectivity index (χ2v) is 8.69. The molecule has 10 N–H and O–H groups in total. The predicted molar refractivity (Wildman–Crippen MR) is 143 cm³/mol. The SMILES string of the molecule is CC(=O)NCC(=O)NCC(=O)NCC(=O)NCC(=O)N[C@@H](CCC(=O)O)C(=O)NCC(=O)NCC(=O)N[C@H](C=O)CC(=O)O. The summed E-state index contributed by atoms with van der Waals surface area (Å²) in [6.07, 6.45) is -1.43. The zero-order valence-corrected chi connectivity index (χ0v) is 23.5. The van der Waals surface area contributed by atoms with Crippen molar-refractivity contribution in [2.75, 3.05) is 39.3 Å². The standard InChI is InChI=1S/C23H34N8O13/c1-12(33)24-5-15(34)25-6-16(35)26-7-17(36)28-10-20(39)31-14(2-3-21(40)41)23(44)29-8-18(37)27-9-19(38)30-13(11-32)4-22(42)43/h11,13-14H,2-10H2,1H3,(H,24,33)(H,25,34)(H,26,35)(H,27,37)(H,28,36)(H,29,44)(H,30,38)(H,31,39)(H,40,41)(H,42,43)/t13-,14-/m0/s1. The topological polar surface area (TPSA) is 324 Å². The van der Waals surface area contributed by atoms with Crippen molar-refractivity contribution < 1.29 is 63.0 Å². The van der Waals surface area contributed by atoms with Crippen LogP contribution in [0.4, 0.5) is 0 Å². The molecule has 0 aromatic heterocycles. The molecule has 0 aliphatic heterocycles. The summed E-state index contributed by atoms with van der Waals surface area (Å²) in [7, 11) is 0. The van der Waals surface area contributed by atoms with Crippen molar-refractivity contribution in [1.29, 1.82) is 0 Å². The molecule has 244 valence electrons. The van der Waals surface area contributed by atoms with Gasteiger partial charge in [0.2, 0.25) is 47.3 Å². The summed E-state index contributed by atoms with van der Waals surface area (Å²) in [5.74, 6) is -8.99. The number of rotatable bonds is 21. The molecule has 0 saturated heterocycles. The largest absolute Gasteiger partial charge is 0.481 e. The molecule has 0 aliphatic rings. The Labute approximate surface area is 249 Å². The summed E-state index contributed by atoms with van der Waals surface area (Å²) in [4.78, 5) is 127. The predicted octanol–water partition coefficient (Wildman–Crippen LogP) is -6.79. The number of carboxylic acids is 2. The van der Waals surface area contributed by atoms with E-state index in [1.807, 2.05) is 0 Å². The lowest BCUT2D eigenvalue weighted by atomic mass is 10.1. The normalized spacial score (nSPS) is 11.3. The van der Waals surface area contributed by atoms with E-state index in [9.17, 15) is 52.7 Å². The van der Waals surface area contributed by atoms with Crippen LogP contribution in [-0.2, 0) is 52.7 Å². The molecule has 8 amide bonds. The van der Waals surface area contributed by atoms with Crippen LogP contribution >= 0.6 is 0 Å². The van der Waals surface area contributed by atoms with Gasteiger partial charge in [-0.05, 0) is 6.42 Å². The number of hydrogen-bond donors (Lipinski definition) is 10. The van der Waals surface area contributed by atoms with Gasteiger partial charge >= 0.3 is 11.9 Å². The van der Waals surface area contributed by atoms with Crippen molar-refractivity contribution in [3.8, 4) is 0 Å². The lowest BCUT2D eigenvalue weighted by Gasteiger charge is -2.18. The lowest BCUT2D eigenvalue weighted by molar-refractivity contribution is -0.139. The minimum atomic E-state index is -1.45. The van der Waals surface area contributed by atoms with Gasteiger partial charge in [-0.3, -0.25) is 47.9 Å². The Kier molecular flexibility index (Phi) is 18.4. The highest BCUT2D eigenvalue weighted by Crippen LogP contribution is 1.98. The fraction of sp³-hybridized carbons (Fsp3) is 0.522. The smallest absolute Gasteiger partial charge is 0.305 e. The van der Waals surface area contributed by atoms with Gasteiger partial charge < -0.3 is 57.5 Å². The highest BCUT2D eigenvalue weighted by Gasteiger charge is 2.23. The van der Waals surface area contributed by atoms with Crippen LogP contribution in [0.25, 0.3) is 0 Å². The lowest BCUT2D eigenvalue weighted by Crippen LogP contribution is -2.52. The van der Waals surface area contributed by atoms with Gasteiger partial charge in [-0.15, -0.1) is 0 Å². The minimum Gasteiger partial charge on any atom is -0.481 e. The summed E-state index contributed by atoms with van der Waals surface area (Å²) in [6.45, 7) is -2.28. The molecule has 0 aliphatic carbocycles. The average molecular weight is 631 g/mol. The quantitative estimate of drug-likeness (QED) is 0.0528. The zero-order chi connectivity index (χ0) is 33.7. The monoisotopic (exact) mass is 630 g/mol. The molecule has 0 rings (SSSR count). The van der Waals surface area contributed by atoms with Gasteiger partial charge in [-0.25, -0.2) is 0 Å². The summed E-state index contributed by atoms with van der Waals surface area (Å²) in [6, 6.07) is -2.77. The highest BCUT2D eigenvalue weighted by molar-refractivity contribution is 5.94. The van der Waals surface area contributed by atoms with Gasteiger partial charge in [0, 0.05) is 13.3 Å². The Hall–Kier alpha value is -5.63. The summed E-state index contributed by atoms with van der Waals surface area (Å²) in [5.41, 5.74) is 0. The molecule has 44 heavy (non-hydrogen) atoms. The van der Waals surface area contributed by atoms with Gasteiger partial charge in [0.1, 0.15) is 12.3 Å². The molecular weight excluding hydrogens is 596 g/mol. The summed E-state index contributed by atoms with van der Waals surface area (Å²) >= 11 is 0. The zero-order valence-electron chi connectivity index (χ0n) is 23.5. The van der Waals surface area contributed by atoms with Crippen molar-refractivity contribution in [1.82, 2.24) is 42.5 Å². The third-order valence-electron chi connectivity index (χ3n) is 4.91. The van der Waals surface area contributed by atoms with Crippen LogP contribution in [0, 0.1) is 0 Å². The number of carboxylic acid groups (broad SMARTS) is 2. The average Bonchev–Trinajstić information content (AvgIpc) is 2.95. The first kappa shape index (κ1) is 38.4. The molecule has 2 atom stereocenters. The molecule has 21 heteroatoms. The van der Waals surface area contributed by atoms with Crippen molar-refractivity contribution in [2.24, 2.45) is 0 Å². The first-order valence-corrected chi connectivity index (χ1v) is 12.7. The van der Waals surface area contributed by atoms with Crippen LogP contribution in [0.1, 0.15) is 26.2 Å². The van der Waals surface area contributed by atoms with E-state index < -0.39 is 123 Å². The molecule has 0 unspecified atom stereocenters. The Morgan fingerprint density at radius 1 is 0.568 bits per heavy atom. The van der Waals surface area contributed by atoms with Crippen LogP contribution in [0.15, 0.2) is 0 Å². The van der Waals surface area contributed by atoms with E-state index in [4.69, 9.17) is 10.2 Å². The summed E-state index contributed by atoms with van der Waals surface area (Å²) < 4.78 is 0. The fourth-order valence-corrected chi connectivity index (χ4v) is 2.82. The van der Waals surface area contributed by atoms with E-state index in [1.54, 1.807) is 0 Å². The van der Waals surface area contributed by atoms with Crippen LogP contribution in [-0.4, -0.2) is 127 Å². The second-order valence-electron chi connectivity index (χ2n) is 8.69. The number of carbonyl (C=O) groups is 11. The molecule has 0 saturated carbocycles. The Balaban J connectivity index is 4.63. The molecule has 0 fully saturated rings. The van der Waals surface area contributed by atoms with Gasteiger partial charge in [0.05, 0.1) is 51.7 Å². The van der Waals surface area contributed by atoms with Crippen LogP contribution < -0.4 is 42.5 Å². The number of nitrogens with one attached hydrogen (secondary N) is 8. The first-order valence-electron chi connectivity index (χ1n) is 12.7. The van der Waals surface area contributed by atoms with Crippen molar-refractivity contribution >= 4 is 65.5 Å². The molecule has 0 bridgehead atoms. The van der Waals surface area contributed by atoms with E-state index in [-0.39, 0.29) is 12.8 Å². The second kappa shape index (κ2) is 21.1. The fourth-order valence-electron chi connectivity index (χ4n) is 2.82. The Morgan fingerprint density at radius 3 is 1.39 bits per heavy atom. The third-order valence-corrected chi connectivity index (χ3v) is 4.91. The number of aldehydes is 1. The maximum Gasteiger partial charge on any atom is 0.305 e. The van der Waals surface area contributed by atoms with E-state index in [0.717, 1.165) is 0 Å². The van der Waals surface area contributed by atoms with Crippen LogP contribution in [0.5, 0.6) is 0 Å². The number of amides is 8. The summed E-state index contributed by atoms with van der Waals surface area (Å²) in [5, 5.41) is 34.8. The van der Waals surface area contributed by atoms with Gasteiger partial charge in [-0.2, -0.15) is 0 Å². The number of aliphatic carboxylic acids is 2. The van der Waals surface area contributed by atoms with Crippen LogP contribution in [0.3, 0.4) is 0 Å². The molecule has 0 aromatic rings. The Morgan fingerprint density at radius 2 is 0.977 bits per heavy atom. The van der Waals surface area contributed by atoms with E-state index in [2.05, 4.69) is 42.5 Å². The third kappa shape index (κ3) is 20.3. The molecule has 0 heterocycles. The molecule has 0 radical (unpaired) electrons. The molecule has 0 aromatic carbocycles. The van der Waals surface area contributed by atoms with Crippen LogP contribution in [0.2, 0.25) is 0 Å². The maximum atomic E-state index is 12.5. The van der Waals surface area contributed by atoms with Crippen molar-refractivity contribution in [3.05, 3.63) is 0 Å². The number of carbonyl (C=O) groups excluding carboxylic acids is 9. The van der Waals surface area contributed by atoms with Gasteiger partial charge in [0.25, 0.3) is 0 Å². The Bertz CT molecular complexity index is 1130. The highest BCUT2D eigenvalue weighted by atomic mass is 16.4. The minimum absolute atomic E-state index is 0.201. The van der Waals surface area contributed by atoms with E-state index in [1.165, 1.54) is 6.92 Å². The van der Waals surface area contributed by atoms with Gasteiger partial charge in [0.15, 0.2) is 0 Å². The molecular formula is C23H34N8O13. The first-order chi connectivity index (χ1) is 20.6. The molecule has 0 spiro atoms. The van der Waals surface area contributed by atoms with Crippen molar-refractivity contribution in [3.63, 3.8) is 0 Å².